The summed E-state index contributed by atoms with van der Waals surface area (Å²) in [6.45, 7) is 1.90. The zero-order valence-electron chi connectivity index (χ0n) is 11.6. The quantitative estimate of drug-likeness (QED) is 0.848. The number of likely N-dealkylation sites (N-methyl/N-ethyl adjacent to an activating group) is 2. The first kappa shape index (κ1) is 17.2. The lowest BCUT2D eigenvalue weighted by Gasteiger charge is -2.20. The first-order chi connectivity index (χ1) is 8.32. The number of nitrogen functional groups attached to an aromatic ring is 1. The molecule has 1 rings (SSSR count). The fourth-order valence-electron chi connectivity index (χ4n) is 1.49. The second-order valence-corrected chi connectivity index (χ2v) is 4.52. The molecular weight excluding hydrogens is 266 g/mol. The molecule has 5 nitrogen and oxygen atoms in total. The molecule has 0 saturated carbocycles. The van der Waals surface area contributed by atoms with Gasteiger partial charge in [-0.05, 0) is 24.6 Å². The predicted molar refractivity (Wildman–Crippen MR) is 78.5 cm³/mol. The van der Waals surface area contributed by atoms with Crippen molar-refractivity contribution in [2.24, 2.45) is 0 Å². The molecular formula is C13H20ClN3O2. The summed E-state index contributed by atoms with van der Waals surface area (Å²) < 4.78 is 0. The minimum Gasteiger partial charge on any atom is -0.399 e. The van der Waals surface area contributed by atoms with E-state index in [-0.39, 0.29) is 30.8 Å². The van der Waals surface area contributed by atoms with Gasteiger partial charge in [-0.15, -0.1) is 12.4 Å². The largest absolute Gasteiger partial charge is 0.399 e. The van der Waals surface area contributed by atoms with Crippen molar-refractivity contribution in [2.45, 2.75) is 6.92 Å². The van der Waals surface area contributed by atoms with Crippen LogP contribution in [0.1, 0.15) is 15.9 Å². The standard InChI is InChI=1S/C13H19N3O2.ClH/c1-9-5-6-10(14)7-11(9)13(18)16(4)8-12(17)15(2)3;/h5-7H,8,14H2,1-4H3;1H. The zero-order chi connectivity index (χ0) is 13.9. The molecule has 2 amide bonds. The Morgan fingerprint density at radius 1 is 1.21 bits per heavy atom. The minimum atomic E-state index is -0.199. The molecule has 0 radical (unpaired) electrons. The smallest absolute Gasteiger partial charge is 0.254 e. The number of benzene rings is 1. The van der Waals surface area contributed by atoms with E-state index in [1.54, 1.807) is 39.3 Å². The molecule has 19 heavy (non-hydrogen) atoms. The van der Waals surface area contributed by atoms with Crippen molar-refractivity contribution in [3.05, 3.63) is 29.3 Å². The first-order valence-corrected chi connectivity index (χ1v) is 5.64. The molecule has 6 heteroatoms. The molecule has 0 spiro atoms. The fourth-order valence-corrected chi connectivity index (χ4v) is 1.49. The van der Waals surface area contributed by atoms with Crippen molar-refractivity contribution < 1.29 is 9.59 Å². The van der Waals surface area contributed by atoms with E-state index in [4.69, 9.17) is 5.73 Å². The van der Waals surface area contributed by atoms with Gasteiger partial charge in [-0.1, -0.05) is 6.07 Å². The summed E-state index contributed by atoms with van der Waals surface area (Å²) >= 11 is 0. The Kier molecular flexibility index (Phi) is 6.35. The summed E-state index contributed by atoms with van der Waals surface area (Å²) in [5.74, 6) is -0.317. The van der Waals surface area contributed by atoms with Gasteiger partial charge in [-0.3, -0.25) is 9.59 Å². The molecule has 0 aliphatic rings. The van der Waals surface area contributed by atoms with Gasteiger partial charge in [0.05, 0.1) is 6.54 Å². The lowest BCUT2D eigenvalue weighted by molar-refractivity contribution is -0.129. The number of rotatable bonds is 3. The molecule has 1 aromatic rings. The number of amides is 2. The highest BCUT2D eigenvalue weighted by Gasteiger charge is 2.17. The minimum absolute atomic E-state index is 0. The Morgan fingerprint density at radius 2 is 1.79 bits per heavy atom. The van der Waals surface area contributed by atoms with Gasteiger partial charge in [-0.2, -0.15) is 0 Å². The molecule has 0 unspecified atom stereocenters. The van der Waals surface area contributed by atoms with Crippen molar-refractivity contribution in [1.82, 2.24) is 9.80 Å². The molecule has 2 N–H and O–H groups in total. The van der Waals surface area contributed by atoms with Crippen LogP contribution in [-0.2, 0) is 4.79 Å². The van der Waals surface area contributed by atoms with Crippen LogP contribution in [0.4, 0.5) is 5.69 Å². The summed E-state index contributed by atoms with van der Waals surface area (Å²) in [7, 11) is 4.92. The van der Waals surface area contributed by atoms with E-state index < -0.39 is 0 Å². The third kappa shape index (κ3) is 4.44. The van der Waals surface area contributed by atoms with Crippen LogP contribution in [0.5, 0.6) is 0 Å². The van der Waals surface area contributed by atoms with Crippen LogP contribution in [0, 0.1) is 6.92 Å². The van der Waals surface area contributed by atoms with E-state index in [0.717, 1.165) is 5.56 Å². The number of hydrogen-bond donors (Lipinski definition) is 1. The predicted octanol–water partition coefficient (Wildman–Crippen LogP) is 1.16. The van der Waals surface area contributed by atoms with Gasteiger partial charge in [0.2, 0.25) is 5.91 Å². The number of carbonyl (C=O) groups excluding carboxylic acids is 2. The second-order valence-electron chi connectivity index (χ2n) is 4.52. The van der Waals surface area contributed by atoms with Crippen LogP contribution < -0.4 is 5.73 Å². The number of carbonyl (C=O) groups is 2. The molecule has 0 aromatic heterocycles. The van der Waals surface area contributed by atoms with E-state index in [1.807, 2.05) is 6.92 Å². The monoisotopic (exact) mass is 285 g/mol. The molecule has 0 fully saturated rings. The zero-order valence-corrected chi connectivity index (χ0v) is 12.5. The maximum absolute atomic E-state index is 12.2. The Labute approximate surface area is 119 Å². The van der Waals surface area contributed by atoms with Gasteiger partial charge >= 0.3 is 0 Å². The van der Waals surface area contributed by atoms with E-state index in [0.29, 0.717) is 11.3 Å². The van der Waals surface area contributed by atoms with E-state index >= 15 is 0 Å². The van der Waals surface area contributed by atoms with E-state index in [9.17, 15) is 9.59 Å². The van der Waals surface area contributed by atoms with Crippen LogP contribution in [0.25, 0.3) is 0 Å². The molecule has 0 aliphatic carbocycles. The summed E-state index contributed by atoms with van der Waals surface area (Å²) in [6, 6.07) is 5.18. The number of nitrogens with zero attached hydrogens (tertiary/aromatic N) is 2. The summed E-state index contributed by atoms with van der Waals surface area (Å²) in [4.78, 5) is 26.6. The van der Waals surface area contributed by atoms with Crippen LogP contribution in [0.3, 0.4) is 0 Å². The highest BCUT2D eigenvalue weighted by atomic mass is 35.5. The van der Waals surface area contributed by atoms with Gasteiger partial charge in [0, 0.05) is 32.4 Å². The highest BCUT2D eigenvalue weighted by Crippen LogP contribution is 2.14. The Hall–Kier alpha value is -1.75. The maximum Gasteiger partial charge on any atom is 0.254 e. The average molecular weight is 286 g/mol. The summed E-state index contributed by atoms with van der Waals surface area (Å²) in [5, 5.41) is 0. The fraction of sp³-hybridized carbons (Fsp3) is 0.385. The average Bonchev–Trinajstić information content (AvgIpc) is 2.31. The highest BCUT2D eigenvalue weighted by molar-refractivity contribution is 5.98. The third-order valence-electron chi connectivity index (χ3n) is 2.71. The van der Waals surface area contributed by atoms with Gasteiger partial charge in [0.25, 0.3) is 5.91 Å². The van der Waals surface area contributed by atoms with Crippen LogP contribution in [0.15, 0.2) is 18.2 Å². The van der Waals surface area contributed by atoms with E-state index in [2.05, 4.69) is 0 Å². The Balaban J connectivity index is 0.00000324. The molecule has 0 atom stereocenters. The third-order valence-corrected chi connectivity index (χ3v) is 2.71. The Bertz CT molecular complexity index is 475. The van der Waals surface area contributed by atoms with Gasteiger partial charge in [-0.25, -0.2) is 0 Å². The van der Waals surface area contributed by atoms with Gasteiger partial charge < -0.3 is 15.5 Å². The topological polar surface area (TPSA) is 66.6 Å². The number of halogens is 1. The number of aryl methyl sites for hydroxylation is 1. The molecule has 0 bridgehead atoms. The first-order valence-electron chi connectivity index (χ1n) is 5.64. The summed E-state index contributed by atoms with van der Waals surface area (Å²) in [5.41, 5.74) is 7.58. The van der Waals surface area contributed by atoms with Crippen LogP contribution >= 0.6 is 12.4 Å². The summed E-state index contributed by atoms with van der Waals surface area (Å²) in [6.07, 6.45) is 0. The van der Waals surface area contributed by atoms with Crippen molar-refractivity contribution >= 4 is 29.9 Å². The SMILES string of the molecule is Cc1ccc(N)cc1C(=O)N(C)CC(=O)N(C)C.Cl. The molecule has 1 aromatic carbocycles. The van der Waals surface area contributed by atoms with Gasteiger partial charge in [0.1, 0.15) is 0 Å². The van der Waals surface area contributed by atoms with Crippen molar-refractivity contribution in [3.8, 4) is 0 Å². The molecule has 0 saturated heterocycles. The lowest BCUT2D eigenvalue weighted by atomic mass is 10.1. The number of nitrogens with two attached hydrogens (primary N) is 1. The van der Waals surface area contributed by atoms with Crippen LogP contribution in [-0.4, -0.2) is 49.3 Å². The number of anilines is 1. The van der Waals surface area contributed by atoms with Crippen molar-refractivity contribution in [2.75, 3.05) is 33.4 Å². The van der Waals surface area contributed by atoms with Crippen molar-refractivity contribution in [3.63, 3.8) is 0 Å². The van der Waals surface area contributed by atoms with E-state index in [1.165, 1.54) is 9.80 Å². The Morgan fingerprint density at radius 3 is 2.32 bits per heavy atom. The molecule has 0 aliphatic heterocycles. The molecule has 106 valence electrons. The normalized spacial score (nSPS) is 9.47. The maximum atomic E-state index is 12.2. The van der Waals surface area contributed by atoms with Crippen LogP contribution in [0.2, 0.25) is 0 Å². The van der Waals surface area contributed by atoms with Gasteiger partial charge in [0.15, 0.2) is 0 Å². The second kappa shape index (κ2) is 6.99. The lowest BCUT2D eigenvalue weighted by Crippen LogP contribution is -2.38. The van der Waals surface area contributed by atoms with Crippen molar-refractivity contribution in [1.29, 1.82) is 0 Å². The number of hydrogen-bond acceptors (Lipinski definition) is 3. The molecule has 0 heterocycles.